The van der Waals surface area contributed by atoms with Crippen molar-refractivity contribution in [3.8, 4) is 5.75 Å². The number of nitrogens with zero attached hydrogens (tertiary/aromatic N) is 3. The molecule has 0 aliphatic carbocycles. The molecule has 1 amide bonds. The van der Waals surface area contributed by atoms with E-state index in [4.69, 9.17) is 4.74 Å². The van der Waals surface area contributed by atoms with Gasteiger partial charge in [-0.1, -0.05) is 12.1 Å². The van der Waals surface area contributed by atoms with Gasteiger partial charge < -0.3 is 20.3 Å². The van der Waals surface area contributed by atoms with Gasteiger partial charge in [0.15, 0.2) is 5.96 Å². The topological polar surface area (TPSA) is 69.2 Å². The number of nitrogens with one attached hydrogen (secondary N) is 2. The Labute approximate surface area is 156 Å². The highest BCUT2D eigenvalue weighted by atomic mass is 16.5. The summed E-state index contributed by atoms with van der Waals surface area (Å²) < 4.78 is 5.25. The molecular formula is C19H31N5O2. The zero-order valence-electron chi connectivity index (χ0n) is 16.1. The lowest BCUT2D eigenvalue weighted by atomic mass is 10.2. The molecule has 0 bridgehead atoms. The van der Waals surface area contributed by atoms with E-state index in [-0.39, 0.29) is 5.91 Å². The Morgan fingerprint density at radius 3 is 2.65 bits per heavy atom. The predicted octanol–water partition coefficient (Wildman–Crippen LogP) is 0.914. The molecule has 1 aliphatic rings. The van der Waals surface area contributed by atoms with Crippen LogP contribution in [-0.4, -0.2) is 74.6 Å². The summed E-state index contributed by atoms with van der Waals surface area (Å²) in [5, 5.41) is 6.66. The van der Waals surface area contributed by atoms with Crippen LogP contribution in [0.1, 0.15) is 19.4 Å². The third kappa shape index (κ3) is 6.55. The predicted molar refractivity (Wildman–Crippen MR) is 105 cm³/mol. The van der Waals surface area contributed by atoms with Gasteiger partial charge in [0.1, 0.15) is 5.75 Å². The number of guanidine groups is 1. The van der Waals surface area contributed by atoms with E-state index in [2.05, 4.69) is 27.4 Å². The zero-order valence-corrected chi connectivity index (χ0v) is 16.1. The quantitative estimate of drug-likeness (QED) is 0.558. The molecule has 2 N–H and O–H groups in total. The minimum atomic E-state index is 0.168. The Hall–Kier alpha value is -2.28. The maximum absolute atomic E-state index is 11.4. The first-order valence-electron chi connectivity index (χ1n) is 9.25. The monoisotopic (exact) mass is 361 g/mol. The second-order valence-corrected chi connectivity index (χ2v) is 6.32. The molecule has 0 spiro atoms. The second kappa shape index (κ2) is 10.7. The van der Waals surface area contributed by atoms with E-state index in [0.29, 0.717) is 6.54 Å². The number of amides is 1. The van der Waals surface area contributed by atoms with Crippen molar-refractivity contribution >= 4 is 11.9 Å². The van der Waals surface area contributed by atoms with Gasteiger partial charge in [0, 0.05) is 52.7 Å². The number of aliphatic imine (C=N–C) groups is 1. The fraction of sp³-hybridized carbons (Fsp3) is 0.579. The minimum absolute atomic E-state index is 0.168. The maximum atomic E-state index is 11.4. The van der Waals surface area contributed by atoms with Gasteiger partial charge in [-0.25, -0.2) is 4.99 Å². The van der Waals surface area contributed by atoms with Crippen LogP contribution in [0.3, 0.4) is 0 Å². The van der Waals surface area contributed by atoms with Crippen molar-refractivity contribution in [2.75, 3.05) is 52.9 Å². The fourth-order valence-corrected chi connectivity index (χ4v) is 2.90. The molecule has 0 saturated carbocycles. The number of rotatable bonds is 7. The zero-order chi connectivity index (χ0) is 18.8. The Morgan fingerprint density at radius 2 is 2.00 bits per heavy atom. The number of hydrogen-bond acceptors (Lipinski definition) is 4. The lowest BCUT2D eigenvalue weighted by molar-refractivity contribution is -0.130. The van der Waals surface area contributed by atoms with E-state index in [1.807, 2.05) is 29.2 Å². The molecule has 1 fully saturated rings. The molecule has 144 valence electrons. The van der Waals surface area contributed by atoms with E-state index >= 15 is 0 Å². The van der Waals surface area contributed by atoms with Gasteiger partial charge in [-0.3, -0.25) is 9.69 Å². The molecule has 0 unspecified atom stereocenters. The minimum Gasteiger partial charge on any atom is -0.497 e. The van der Waals surface area contributed by atoms with Gasteiger partial charge in [-0.2, -0.15) is 0 Å². The van der Waals surface area contributed by atoms with Crippen LogP contribution in [-0.2, 0) is 11.3 Å². The first-order valence-corrected chi connectivity index (χ1v) is 9.25. The Kier molecular flexibility index (Phi) is 8.21. The normalized spacial score (nSPS) is 15.7. The van der Waals surface area contributed by atoms with E-state index in [1.165, 1.54) is 0 Å². The van der Waals surface area contributed by atoms with Crippen molar-refractivity contribution < 1.29 is 9.53 Å². The Morgan fingerprint density at radius 1 is 1.23 bits per heavy atom. The van der Waals surface area contributed by atoms with Crippen LogP contribution < -0.4 is 15.4 Å². The van der Waals surface area contributed by atoms with Gasteiger partial charge in [0.25, 0.3) is 0 Å². The third-order valence-electron chi connectivity index (χ3n) is 4.44. The van der Waals surface area contributed by atoms with Crippen LogP contribution in [0.25, 0.3) is 0 Å². The van der Waals surface area contributed by atoms with E-state index in [9.17, 15) is 4.79 Å². The molecule has 1 heterocycles. The lowest BCUT2D eigenvalue weighted by Crippen LogP contribution is -2.50. The number of hydrogen-bond donors (Lipinski definition) is 2. The number of methoxy groups -OCH3 is 1. The number of benzene rings is 1. The first kappa shape index (κ1) is 20.0. The molecule has 0 atom stereocenters. The van der Waals surface area contributed by atoms with Crippen molar-refractivity contribution in [1.29, 1.82) is 0 Å². The number of carbonyl (C=O) groups excluding carboxylic acids is 1. The molecule has 0 radical (unpaired) electrons. The van der Waals surface area contributed by atoms with Crippen LogP contribution in [0.5, 0.6) is 5.75 Å². The first-order chi connectivity index (χ1) is 12.6. The van der Waals surface area contributed by atoms with Crippen LogP contribution in [0.4, 0.5) is 0 Å². The van der Waals surface area contributed by atoms with Gasteiger partial charge >= 0.3 is 0 Å². The van der Waals surface area contributed by atoms with Crippen molar-refractivity contribution in [3.63, 3.8) is 0 Å². The molecule has 1 aliphatic heterocycles. The van der Waals surface area contributed by atoms with Crippen molar-refractivity contribution in [2.45, 2.75) is 20.4 Å². The summed E-state index contributed by atoms with van der Waals surface area (Å²) in [7, 11) is 1.67. The summed E-state index contributed by atoms with van der Waals surface area (Å²) in [5.74, 6) is 1.83. The van der Waals surface area contributed by atoms with E-state index in [0.717, 1.165) is 63.1 Å². The molecule has 1 aromatic rings. The maximum Gasteiger partial charge on any atom is 0.219 e. The molecular weight excluding hydrogens is 330 g/mol. The molecule has 1 saturated heterocycles. The molecule has 26 heavy (non-hydrogen) atoms. The van der Waals surface area contributed by atoms with E-state index < -0.39 is 0 Å². The van der Waals surface area contributed by atoms with E-state index in [1.54, 1.807) is 14.0 Å². The Balaban J connectivity index is 1.77. The van der Waals surface area contributed by atoms with Crippen molar-refractivity contribution in [3.05, 3.63) is 29.8 Å². The summed E-state index contributed by atoms with van der Waals surface area (Å²) in [6.45, 7) is 10.4. The summed E-state index contributed by atoms with van der Waals surface area (Å²) >= 11 is 0. The molecule has 1 aromatic carbocycles. The summed E-state index contributed by atoms with van der Waals surface area (Å²) in [4.78, 5) is 20.3. The smallest absolute Gasteiger partial charge is 0.219 e. The lowest BCUT2D eigenvalue weighted by Gasteiger charge is -2.34. The SMILES string of the molecule is CCNC(=NCc1cccc(OC)c1)NCCN1CCN(C(C)=O)CC1. The van der Waals surface area contributed by atoms with Crippen LogP contribution >= 0.6 is 0 Å². The van der Waals surface area contributed by atoms with Crippen molar-refractivity contribution in [2.24, 2.45) is 4.99 Å². The standard InChI is InChI=1S/C19H31N5O2/c1-4-20-19(22-15-17-6-5-7-18(14-17)26-3)21-8-9-23-10-12-24(13-11-23)16(2)25/h5-7,14H,4,8-13,15H2,1-3H3,(H2,20,21,22). The Bertz CT molecular complexity index is 597. The second-order valence-electron chi connectivity index (χ2n) is 6.32. The fourth-order valence-electron chi connectivity index (χ4n) is 2.90. The van der Waals surface area contributed by atoms with Gasteiger partial charge in [0.05, 0.1) is 13.7 Å². The average Bonchev–Trinajstić information content (AvgIpc) is 2.66. The number of ether oxygens (including phenoxy) is 1. The highest BCUT2D eigenvalue weighted by molar-refractivity contribution is 5.79. The highest BCUT2D eigenvalue weighted by Crippen LogP contribution is 2.13. The molecule has 7 heteroatoms. The molecule has 7 nitrogen and oxygen atoms in total. The molecule has 2 rings (SSSR count). The average molecular weight is 361 g/mol. The summed E-state index contributed by atoms with van der Waals surface area (Å²) in [5.41, 5.74) is 1.11. The summed E-state index contributed by atoms with van der Waals surface area (Å²) in [6, 6.07) is 7.96. The molecule has 0 aromatic heterocycles. The van der Waals surface area contributed by atoms with Gasteiger partial charge in [-0.15, -0.1) is 0 Å². The summed E-state index contributed by atoms with van der Waals surface area (Å²) in [6.07, 6.45) is 0. The van der Waals surface area contributed by atoms with Crippen LogP contribution in [0.15, 0.2) is 29.3 Å². The third-order valence-corrected chi connectivity index (χ3v) is 4.44. The largest absolute Gasteiger partial charge is 0.497 e. The van der Waals surface area contributed by atoms with Crippen LogP contribution in [0, 0.1) is 0 Å². The van der Waals surface area contributed by atoms with Gasteiger partial charge in [0.2, 0.25) is 5.91 Å². The van der Waals surface area contributed by atoms with Crippen LogP contribution in [0.2, 0.25) is 0 Å². The highest BCUT2D eigenvalue weighted by Gasteiger charge is 2.17. The number of piperazine rings is 1. The van der Waals surface area contributed by atoms with Crippen molar-refractivity contribution in [1.82, 2.24) is 20.4 Å². The van der Waals surface area contributed by atoms with Gasteiger partial charge in [-0.05, 0) is 24.6 Å². The number of carbonyl (C=O) groups is 1.